The molecule has 0 radical (unpaired) electrons. The smallest absolute Gasteiger partial charge is 0.870 e. The Labute approximate surface area is 335 Å². The van der Waals surface area contributed by atoms with Gasteiger partial charge in [0.15, 0.2) is 0 Å². The molecule has 298 valence electrons. The summed E-state index contributed by atoms with van der Waals surface area (Å²) in [6.07, 6.45) is 0.623. The molecule has 11 heteroatoms. The fourth-order valence-corrected chi connectivity index (χ4v) is 5.62. The number of aliphatic imine (C=N–C) groups is 2. The molecule has 0 aliphatic carbocycles. The molecule has 55 heavy (non-hydrogen) atoms. The summed E-state index contributed by atoms with van der Waals surface area (Å²) < 4.78 is 9.26. The van der Waals surface area contributed by atoms with E-state index in [1.807, 2.05) is 55.4 Å². The number of nitrogens with zero attached hydrogens (tertiary/aromatic N) is 2. The summed E-state index contributed by atoms with van der Waals surface area (Å²) >= 11 is 0. The molecule has 0 heterocycles. The fourth-order valence-electron chi connectivity index (χ4n) is 5.62. The minimum absolute atomic E-state index is 0. The Morgan fingerprint density at radius 3 is 1.02 bits per heavy atom. The third-order valence-corrected chi connectivity index (χ3v) is 8.57. The van der Waals surface area contributed by atoms with E-state index in [-0.39, 0.29) is 63.2 Å². The molecule has 10 nitrogen and oxygen atoms in total. The van der Waals surface area contributed by atoms with E-state index in [0.717, 1.165) is 11.4 Å². The molecule has 4 aromatic carbocycles. The Morgan fingerprint density at radius 1 is 0.527 bits per heavy atom. The first kappa shape index (κ1) is 47.9. The molecule has 0 aliphatic heterocycles. The molecule has 0 amide bonds. The van der Waals surface area contributed by atoms with Crippen molar-refractivity contribution in [2.75, 3.05) is 0 Å². The average molecular weight is 798 g/mol. The van der Waals surface area contributed by atoms with Gasteiger partial charge in [-0.3, -0.25) is 9.98 Å². The van der Waals surface area contributed by atoms with Gasteiger partial charge in [0.1, 0.15) is 11.5 Å². The van der Waals surface area contributed by atoms with E-state index in [2.05, 4.69) is 83.6 Å². The van der Waals surface area contributed by atoms with Crippen LogP contribution in [0.5, 0.6) is 23.0 Å². The number of hydrogen-bond acceptors (Lipinski definition) is 8. The molecule has 0 spiro atoms. The van der Waals surface area contributed by atoms with Crippen LogP contribution in [-0.4, -0.2) is 35.0 Å². The largest absolute Gasteiger partial charge is 2.00 e. The average Bonchev–Trinajstić information content (AvgIpc) is 3.06. The first-order valence-electron chi connectivity index (χ1n) is 18.0. The van der Waals surface area contributed by atoms with Crippen LogP contribution in [0.1, 0.15) is 124 Å². The molecule has 0 saturated carbocycles. The summed E-state index contributed by atoms with van der Waals surface area (Å²) in [5.41, 5.74) is 9.19. The Hall–Kier alpha value is -5.15. The maximum atomic E-state index is 12.1. The first-order chi connectivity index (χ1) is 25.3. The zero-order valence-electron chi connectivity index (χ0n) is 33.8. The Kier molecular flexibility index (Phi) is 19.4. The molecule has 0 unspecified atom stereocenters. The molecule has 0 atom stereocenters. The van der Waals surface area contributed by atoms with Gasteiger partial charge in [0.25, 0.3) is 0 Å². The van der Waals surface area contributed by atoms with Gasteiger partial charge < -0.3 is 29.9 Å². The van der Waals surface area contributed by atoms with Gasteiger partial charge in [0.05, 0.1) is 11.4 Å². The van der Waals surface area contributed by atoms with Gasteiger partial charge >= 0.3 is 28.8 Å². The molecule has 2 N–H and O–H groups in total. The number of carboxylic acid groups (broad SMARTS) is 2. The summed E-state index contributed by atoms with van der Waals surface area (Å²) in [7, 11) is 0. The summed E-state index contributed by atoms with van der Waals surface area (Å²) in [5, 5.41) is 41.5. The third kappa shape index (κ3) is 13.9. The standard InChI is InChI=1S/C18H20N2.2C13H18O4.Ni/c1-13-7-5-8-14(2)17(13)19-11-12-20-18-15(3)9-6-10-16(18)4;2*1-7(2)9-5-6-10(8(3)4)12(11(9)14)17-13(15)16;/h5-12H,1-4H3;2*5-8,14H,1-4H3,(H,15,16);/q;;;+2/p-2. The van der Waals surface area contributed by atoms with E-state index < -0.39 is 12.3 Å². The van der Waals surface area contributed by atoms with E-state index in [9.17, 15) is 19.8 Å². The van der Waals surface area contributed by atoms with Gasteiger partial charge in [-0.05, 0) is 95.9 Å². The molecule has 0 bridgehead atoms. The van der Waals surface area contributed by atoms with Crippen LogP contribution in [0, 0.1) is 27.7 Å². The minimum Gasteiger partial charge on any atom is -0.870 e. The predicted octanol–water partition coefficient (Wildman–Crippen LogP) is 11.2. The number of ether oxygens (including phenoxy) is 2. The summed E-state index contributed by atoms with van der Waals surface area (Å²) in [5.74, 6) is -0.601. The number of rotatable bonds is 9. The monoisotopic (exact) mass is 796 g/mol. The van der Waals surface area contributed by atoms with Crippen molar-refractivity contribution in [3.05, 3.63) is 105 Å². The quantitative estimate of drug-likeness (QED) is 0.0731. The normalized spacial score (nSPS) is 11.0. The molecule has 0 aromatic heterocycles. The zero-order valence-corrected chi connectivity index (χ0v) is 34.8. The summed E-state index contributed by atoms with van der Waals surface area (Å²) in [4.78, 5) is 30.2. The van der Waals surface area contributed by atoms with Crippen molar-refractivity contribution >= 4 is 36.1 Å². The van der Waals surface area contributed by atoms with Crippen LogP contribution in [0.3, 0.4) is 0 Å². The maximum Gasteiger partial charge on any atom is 2.00 e. The number of aryl methyl sites for hydroxylation is 4. The van der Waals surface area contributed by atoms with Crippen molar-refractivity contribution in [1.82, 2.24) is 0 Å². The molecule has 0 saturated heterocycles. The molecular formula is C44H54N2NiO8. The van der Waals surface area contributed by atoms with E-state index in [1.54, 1.807) is 36.7 Å². The van der Waals surface area contributed by atoms with Crippen LogP contribution in [0.4, 0.5) is 21.0 Å². The van der Waals surface area contributed by atoms with Crippen molar-refractivity contribution in [2.45, 2.75) is 107 Å². The van der Waals surface area contributed by atoms with E-state index in [0.29, 0.717) is 22.3 Å². The van der Waals surface area contributed by atoms with Crippen LogP contribution in [0.2, 0.25) is 0 Å². The Bertz CT molecular complexity index is 1780. The first-order valence-corrected chi connectivity index (χ1v) is 18.0. The van der Waals surface area contributed by atoms with E-state index in [1.165, 1.54) is 22.3 Å². The topological polar surface area (TPSA) is 164 Å². The van der Waals surface area contributed by atoms with Crippen LogP contribution in [0.25, 0.3) is 0 Å². The number of benzene rings is 4. The molecule has 4 aromatic rings. The second kappa shape index (κ2) is 22.3. The molecule has 0 aliphatic rings. The van der Waals surface area contributed by atoms with Gasteiger partial charge in [0.2, 0.25) is 0 Å². The van der Waals surface area contributed by atoms with Gasteiger partial charge in [0, 0.05) is 12.4 Å². The molecule has 0 fully saturated rings. The van der Waals surface area contributed by atoms with Gasteiger partial charge in [-0.2, -0.15) is 0 Å². The van der Waals surface area contributed by atoms with Gasteiger partial charge in [-0.15, -0.1) is 0 Å². The van der Waals surface area contributed by atoms with Crippen LogP contribution < -0.4 is 19.7 Å². The molecule has 4 rings (SSSR count). The predicted molar refractivity (Wildman–Crippen MR) is 214 cm³/mol. The number of para-hydroxylation sites is 2. The molecular weight excluding hydrogens is 743 g/mol. The fraction of sp³-hybridized carbons (Fsp3) is 0.364. The van der Waals surface area contributed by atoms with Crippen molar-refractivity contribution in [2.24, 2.45) is 9.98 Å². The van der Waals surface area contributed by atoms with Crippen molar-refractivity contribution in [3.63, 3.8) is 0 Å². The van der Waals surface area contributed by atoms with Gasteiger partial charge in [-0.1, -0.05) is 128 Å². The Balaban J connectivity index is 0.000000411. The minimum atomic E-state index is -1.45. The maximum absolute atomic E-state index is 12.1. The van der Waals surface area contributed by atoms with E-state index in [4.69, 9.17) is 10.2 Å². The SMILES string of the molecule is CC(C)c1ccc(C(C)C)c(OC(=O)O)c1[O-].CC(C)c1ccc(C(C)C)c(OC(=O)O)c1[O-].Cc1cccc(C)c1N=CC=Nc1c(C)cccc1C.[Ni+2]. The second-order valence-electron chi connectivity index (χ2n) is 14.2. The van der Waals surface area contributed by atoms with Crippen molar-refractivity contribution in [3.8, 4) is 23.0 Å². The number of hydrogen-bond donors (Lipinski definition) is 2. The Morgan fingerprint density at radius 2 is 0.782 bits per heavy atom. The third-order valence-electron chi connectivity index (χ3n) is 8.57. The zero-order chi connectivity index (χ0) is 40.9. The van der Waals surface area contributed by atoms with Gasteiger partial charge in [-0.25, -0.2) is 9.59 Å². The van der Waals surface area contributed by atoms with Crippen molar-refractivity contribution in [1.29, 1.82) is 0 Å². The van der Waals surface area contributed by atoms with E-state index >= 15 is 0 Å². The number of carbonyl (C=O) groups is 2. The summed E-state index contributed by atoms with van der Waals surface area (Å²) in [6, 6.07) is 19.4. The summed E-state index contributed by atoms with van der Waals surface area (Å²) in [6.45, 7) is 23.4. The van der Waals surface area contributed by atoms with Crippen LogP contribution in [0.15, 0.2) is 70.6 Å². The van der Waals surface area contributed by atoms with Crippen molar-refractivity contribution < 1.29 is 56.0 Å². The second-order valence-corrected chi connectivity index (χ2v) is 14.2. The van der Waals surface area contributed by atoms with Crippen LogP contribution in [-0.2, 0) is 16.5 Å². The van der Waals surface area contributed by atoms with Crippen LogP contribution >= 0.6 is 0 Å².